The van der Waals surface area contributed by atoms with Gasteiger partial charge in [0.2, 0.25) is 0 Å². The fourth-order valence-electron chi connectivity index (χ4n) is 3.37. The smallest absolute Gasteiger partial charge is 0.356 e. The van der Waals surface area contributed by atoms with Gasteiger partial charge in [0.15, 0.2) is 0 Å². The Morgan fingerprint density at radius 3 is 2.71 bits per heavy atom. The van der Waals surface area contributed by atoms with E-state index in [1.54, 1.807) is 13.0 Å². The summed E-state index contributed by atoms with van der Waals surface area (Å²) < 4.78 is 12.2. The van der Waals surface area contributed by atoms with Gasteiger partial charge in [-0.3, -0.25) is 0 Å². The molecule has 1 aliphatic rings. The molecule has 2 aromatic rings. The van der Waals surface area contributed by atoms with Crippen LogP contribution >= 0.6 is 15.9 Å². The van der Waals surface area contributed by atoms with E-state index in [1.807, 2.05) is 24.3 Å². The second-order valence-corrected chi connectivity index (χ2v) is 8.20. The molecule has 1 aliphatic carbocycles. The largest absolute Gasteiger partial charge is 0.493 e. The lowest BCUT2D eigenvalue weighted by atomic mass is 9.99. The number of hydrogen-bond acceptors (Lipinski definition) is 4. The predicted octanol–water partition coefficient (Wildman–Crippen LogP) is 6.15. The summed E-state index contributed by atoms with van der Waals surface area (Å²) in [7, 11) is 0. The van der Waals surface area contributed by atoms with Gasteiger partial charge in [-0.05, 0) is 73.6 Å². The molecule has 1 aromatic carbocycles. The van der Waals surface area contributed by atoms with Crippen molar-refractivity contribution in [3.05, 3.63) is 57.8 Å². The predicted molar refractivity (Wildman–Crippen MR) is 115 cm³/mol. The Balaban J connectivity index is 2.02. The first-order valence-corrected chi connectivity index (χ1v) is 10.6. The molecule has 4 nitrogen and oxygen atoms in total. The van der Waals surface area contributed by atoms with Gasteiger partial charge >= 0.3 is 5.97 Å². The maximum absolute atomic E-state index is 12.1. The molecule has 0 saturated carbocycles. The number of pyridine rings is 1. The van der Waals surface area contributed by atoms with Crippen LogP contribution in [0.15, 0.2) is 40.9 Å². The molecule has 0 saturated heterocycles. The molecule has 5 heteroatoms. The summed E-state index contributed by atoms with van der Waals surface area (Å²) in [6.45, 7) is 7.10. The molecular formula is C23H26BrNO3. The number of rotatable bonds is 7. The standard InChI is InChI=1S/C23H26BrNO3/c1-4-27-23(26)21-10-6-9-20(25-21)18-8-5-7-17(18)19-13-16(24)11-12-22(19)28-14-15(2)3/h6,9-13,15H,4-5,7-8,14H2,1-3H3. The normalized spacial score (nSPS) is 13.9. The Kier molecular flexibility index (Phi) is 6.89. The van der Waals surface area contributed by atoms with Crippen LogP contribution in [-0.2, 0) is 4.74 Å². The molecule has 1 heterocycles. The van der Waals surface area contributed by atoms with Crippen LogP contribution in [0.25, 0.3) is 11.1 Å². The van der Waals surface area contributed by atoms with Crippen LogP contribution in [0.2, 0.25) is 0 Å². The number of halogens is 1. The van der Waals surface area contributed by atoms with Crippen molar-refractivity contribution in [1.82, 2.24) is 4.98 Å². The van der Waals surface area contributed by atoms with Crippen LogP contribution in [-0.4, -0.2) is 24.2 Å². The van der Waals surface area contributed by atoms with Crippen molar-refractivity contribution in [3.8, 4) is 5.75 Å². The first-order valence-electron chi connectivity index (χ1n) is 9.79. The molecule has 0 bridgehead atoms. The number of nitrogens with zero attached hydrogens (tertiary/aromatic N) is 1. The van der Waals surface area contributed by atoms with Crippen molar-refractivity contribution >= 4 is 33.0 Å². The Morgan fingerprint density at radius 1 is 1.18 bits per heavy atom. The van der Waals surface area contributed by atoms with E-state index in [0.29, 0.717) is 24.8 Å². The van der Waals surface area contributed by atoms with E-state index >= 15 is 0 Å². The van der Waals surface area contributed by atoms with Crippen molar-refractivity contribution in [2.45, 2.75) is 40.0 Å². The number of ether oxygens (including phenoxy) is 2. The highest BCUT2D eigenvalue weighted by atomic mass is 79.9. The second-order valence-electron chi connectivity index (χ2n) is 7.28. The summed E-state index contributed by atoms with van der Waals surface area (Å²) in [4.78, 5) is 16.7. The Morgan fingerprint density at radius 2 is 1.96 bits per heavy atom. The molecule has 28 heavy (non-hydrogen) atoms. The molecule has 148 valence electrons. The molecule has 0 amide bonds. The van der Waals surface area contributed by atoms with Gasteiger partial charge in [0, 0.05) is 10.0 Å². The highest BCUT2D eigenvalue weighted by molar-refractivity contribution is 9.10. The van der Waals surface area contributed by atoms with E-state index in [4.69, 9.17) is 9.47 Å². The van der Waals surface area contributed by atoms with Crippen molar-refractivity contribution < 1.29 is 14.3 Å². The molecule has 0 fully saturated rings. The van der Waals surface area contributed by atoms with Gasteiger partial charge in [-0.1, -0.05) is 35.8 Å². The van der Waals surface area contributed by atoms with Gasteiger partial charge in [-0.15, -0.1) is 0 Å². The lowest BCUT2D eigenvalue weighted by molar-refractivity contribution is 0.0519. The first kappa shape index (κ1) is 20.6. The van der Waals surface area contributed by atoms with Gasteiger partial charge in [0.1, 0.15) is 11.4 Å². The van der Waals surface area contributed by atoms with Crippen LogP contribution in [0.4, 0.5) is 0 Å². The van der Waals surface area contributed by atoms with Gasteiger partial charge < -0.3 is 9.47 Å². The molecule has 0 spiro atoms. The number of hydrogen-bond donors (Lipinski definition) is 0. The van der Waals surface area contributed by atoms with E-state index in [2.05, 4.69) is 40.8 Å². The minimum Gasteiger partial charge on any atom is -0.493 e. The van der Waals surface area contributed by atoms with Gasteiger partial charge in [0.05, 0.1) is 18.9 Å². The van der Waals surface area contributed by atoms with Crippen LogP contribution in [0.3, 0.4) is 0 Å². The minimum absolute atomic E-state index is 0.341. The summed E-state index contributed by atoms with van der Waals surface area (Å²) in [6, 6.07) is 11.7. The topological polar surface area (TPSA) is 48.4 Å². The SMILES string of the molecule is CCOC(=O)c1cccc(C2=C(c3cc(Br)ccc3OCC(C)C)CCC2)n1. The molecular weight excluding hydrogens is 418 g/mol. The fourth-order valence-corrected chi connectivity index (χ4v) is 3.73. The fraction of sp³-hybridized carbons (Fsp3) is 0.391. The third-order valence-corrected chi connectivity index (χ3v) is 5.09. The zero-order valence-electron chi connectivity index (χ0n) is 16.6. The number of allylic oxidation sites excluding steroid dienone is 2. The highest BCUT2D eigenvalue weighted by Gasteiger charge is 2.22. The second kappa shape index (κ2) is 9.37. The van der Waals surface area contributed by atoms with E-state index in [9.17, 15) is 4.79 Å². The molecule has 0 N–H and O–H groups in total. The quantitative estimate of drug-likeness (QED) is 0.481. The first-order chi connectivity index (χ1) is 13.5. The van der Waals surface area contributed by atoms with Crippen molar-refractivity contribution in [3.63, 3.8) is 0 Å². The Hall–Kier alpha value is -2.14. The van der Waals surface area contributed by atoms with Crippen molar-refractivity contribution in [2.24, 2.45) is 5.92 Å². The number of carbonyl (C=O) groups is 1. The lowest BCUT2D eigenvalue weighted by Gasteiger charge is -2.16. The minimum atomic E-state index is -0.382. The lowest BCUT2D eigenvalue weighted by Crippen LogP contribution is -2.08. The summed E-state index contributed by atoms with van der Waals surface area (Å²) in [5, 5.41) is 0. The molecule has 0 aliphatic heterocycles. The van der Waals surface area contributed by atoms with Crippen molar-refractivity contribution in [1.29, 1.82) is 0 Å². The number of carbonyl (C=O) groups excluding carboxylic acids is 1. The average molecular weight is 444 g/mol. The highest BCUT2D eigenvalue weighted by Crippen LogP contribution is 2.43. The molecule has 0 atom stereocenters. The summed E-state index contributed by atoms with van der Waals surface area (Å²) in [5.41, 5.74) is 4.72. The van der Waals surface area contributed by atoms with Gasteiger partial charge in [-0.2, -0.15) is 0 Å². The zero-order chi connectivity index (χ0) is 20.1. The number of benzene rings is 1. The third-order valence-electron chi connectivity index (χ3n) is 4.60. The van der Waals surface area contributed by atoms with Crippen LogP contribution in [0.5, 0.6) is 5.75 Å². The monoisotopic (exact) mass is 443 g/mol. The van der Waals surface area contributed by atoms with Crippen LogP contribution in [0.1, 0.15) is 61.8 Å². The van der Waals surface area contributed by atoms with Crippen LogP contribution < -0.4 is 4.74 Å². The zero-order valence-corrected chi connectivity index (χ0v) is 18.2. The van der Waals surface area contributed by atoms with Gasteiger partial charge in [0.25, 0.3) is 0 Å². The molecule has 1 aromatic heterocycles. The van der Waals surface area contributed by atoms with Gasteiger partial charge in [-0.25, -0.2) is 9.78 Å². The maximum Gasteiger partial charge on any atom is 0.356 e. The maximum atomic E-state index is 12.1. The summed E-state index contributed by atoms with van der Waals surface area (Å²) in [5.74, 6) is 0.970. The van der Waals surface area contributed by atoms with E-state index < -0.39 is 0 Å². The third kappa shape index (κ3) is 4.82. The van der Waals surface area contributed by atoms with E-state index in [-0.39, 0.29) is 5.97 Å². The Bertz CT molecular complexity index is 889. The Labute approximate surface area is 175 Å². The van der Waals surface area contributed by atoms with Crippen molar-refractivity contribution in [2.75, 3.05) is 13.2 Å². The summed E-state index contributed by atoms with van der Waals surface area (Å²) in [6.07, 6.45) is 2.96. The molecule has 0 unspecified atom stereocenters. The van der Waals surface area contributed by atoms with E-state index in [0.717, 1.165) is 40.7 Å². The number of aromatic nitrogens is 1. The van der Waals surface area contributed by atoms with E-state index in [1.165, 1.54) is 11.1 Å². The molecule has 0 radical (unpaired) electrons. The average Bonchev–Trinajstić information content (AvgIpc) is 3.17. The number of esters is 1. The summed E-state index contributed by atoms with van der Waals surface area (Å²) >= 11 is 3.59. The molecule has 3 rings (SSSR count). The van der Waals surface area contributed by atoms with Crippen LogP contribution in [0, 0.1) is 5.92 Å².